The normalized spacial score (nSPS) is 11.3. The van der Waals surface area contributed by atoms with Gasteiger partial charge in [0.05, 0.1) is 5.69 Å². The van der Waals surface area contributed by atoms with Gasteiger partial charge in [-0.1, -0.05) is 72.8 Å². The topological polar surface area (TPSA) is 62.8 Å². The van der Waals surface area contributed by atoms with E-state index in [9.17, 15) is 0 Å². The summed E-state index contributed by atoms with van der Waals surface area (Å²) in [5.74, 6) is 0.0443. The number of pyridine rings is 1. The van der Waals surface area contributed by atoms with Crippen LogP contribution in [0.1, 0.15) is 5.56 Å². The fourth-order valence-electron chi connectivity index (χ4n) is 4.74. The average molecular weight is 424 g/mol. The van der Waals surface area contributed by atoms with Crippen molar-refractivity contribution in [3.05, 3.63) is 115 Å². The van der Waals surface area contributed by atoms with Crippen LogP contribution >= 0.6 is 0 Å². The van der Waals surface area contributed by atoms with Crippen molar-refractivity contribution in [2.75, 3.05) is 0 Å². The van der Waals surface area contributed by atoms with E-state index in [1.807, 2.05) is 36.5 Å². The lowest BCUT2D eigenvalue weighted by atomic mass is 9.89. The molecule has 1 heterocycles. The van der Waals surface area contributed by atoms with Gasteiger partial charge in [0.25, 0.3) is 0 Å². The molecule has 5 aromatic carbocycles. The molecule has 3 nitrogen and oxygen atoms in total. The molecule has 0 bridgehead atoms. The van der Waals surface area contributed by atoms with Crippen LogP contribution in [0.3, 0.4) is 0 Å². The largest absolute Gasteiger partial charge is 0.384 e. The molecule has 0 unspecified atom stereocenters. The highest BCUT2D eigenvalue weighted by atomic mass is 14.7. The molecule has 0 aliphatic carbocycles. The molecule has 3 N–H and O–H groups in total. The Bertz CT molecular complexity index is 1640. The lowest BCUT2D eigenvalue weighted by Crippen LogP contribution is -2.11. The first-order valence-corrected chi connectivity index (χ1v) is 10.9. The molecule has 0 radical (unpaired) electrons. The maximum atomic E-state index is 8.20. The summed E-state index contributed by atoms with van der Waals surface area (Å²) in [5, 5.41) is 15.1. The van der Waals surface area contributed by atoms with Gasteiger partial charge in [0.15, 0.2) is 0 Å². The van der Waals surface area contributed by atoms with Gasteiger partial charge in [0.2, 0.25) is 0 Å². The first-order valence-electron chi connectivity index (χ1n) is 10.9. The Hall–Kier alpha value is -4.50. The van der Waals surface area contributed by atoms with Crippen molar-refractivity contribution >= 4 is 38.2 Å². The molecule has 0 spiro atoms. The standard InChI is InChI=1S/C30H21N3/c31-30(32)24-17-22(16-23(18-24)29-27-12-6-1-7-19(27)13-14-33-29)28-25-10-4-2-8-20(25)15-21-9-3-5-11-26(21)28/h1-18H,(H3,31,32). The molecular weight excluding hydrogens is 402 g/mol. The Morgan fingerprint density at radius 3 is 1.85 bits per heavy atom. The Morgan fingerprint density at radius 2 is 1.18 bits per heavy atom. The number of fused-ring (bicyclic) bond motifs is 3. The van der Waals surface area contributed by atoms with Gasteiger partial charge in [-0.05, 0) is 68.4 Å². The van der Waals surface area contributed by atoms with Crippen LogP contribution in [-0.4, -0.2) is 10.8 Å². The van der Waals surface area contributed by atoms with E-state index in [0.717, 1.165) is 33.2 Å². The smallest absolute Gasteiger partial charge is 0.122 e. The maximum absolute atomic E-state index is 8.20. The third-order valence-corrected chi connectivity index (χ3v) is 6.25. The van der Waals surface area contributed by atoms with Crippen molar-refractivity contribution in [1.29, 1.82) is 5.41 Å². The molecule has 0 aliphatic rings. The van der Waals surface area contributed by atoms with Crippen molar-refractivity contribution in [1.82, 2.24) is 4.98 Å². The molecule has 0 aliphatic heterocycles. The number of nitrogen functional groups attached to an aromatic ring is 1. The number of amidine groups is 1. The minimum atomic E-state index is 0.0443. The van der Waals surface area contributed by atoms with Crippen LogP contribution in [0, 0.1) is 5.41 Å². The summed E-state index contributed by atoms with van der Waals surface area (Å²) in [6.45, 7) is 0. The fourth-order valence-corrected chi connectivity index (χ4v) is 4.74. The number of aromatic nitrogens is 1. The van der Waals surface area contributed by atoms with Gasteiger partial charge in [-0.2, -0.15) is 0 Å². The minimum absolute atomic E-state index is 0.0443. The molecular formula is C30H21N3. The second-order valence-corrected chi connectivity index (χ2v) is 8.29. The van der Waals surface area contributed by atoms with Crippen LogP contribution in [0.2, 0.25) is 0 Å². The van der Waals surface area contributed by atoms with E-state index in [1.54, 1.807) is 0 Å². The lowest BCUT2D eigenvalue weighted by Gasteiger charge is -2.15. The van der Waals surface area contributed by atoms with Crippen LogP contribution in [-0.2, 0) is 0 Å². The van der Waals surface area contributed by atoms with Crippen LogP contribution in [0.15, 0.2) is 109 Å². The zero-order valence-corrected chi connectivity index (χ0v) is 17.9. The van der Waals surface area contributed by atoms with E-state index in [0.29, 0.717) is 5.56 Å². The highest BCUT2D eigenvalue weighted by molar-refractivity contribution is 6.13. The molecule has 0 atom stereocenters. The first kappa shape index (κ1) is 19.2. The Kier molecular flexibility index (Phi) is 4.41. The van der Waals surface area contributed by atoms with Crippen molar-refractivity contribution in [2.45, 2.75) is 0 Å². The van der Waals surface area contributed by atoms with Crippen molar-refractivity contribution in [3.8, 4) is 22.4 Å². The van der Waals surface area contributed by atoms with Crippen LogP contribution < -0.4 is 5.73 Å². The maximum Gasteiger partial charge on any atom is 0.122 e. The lowest BCUT2D eigenvalue weighted by molar-refractivity contribution is 1.35. The Labute approximate surface area is 191 Å². The highest BCUT2D eigenvalue weighted by Gasteiger charge is 2.14. The molecule has 6 rings (SSSR count). The second kappa shape index (κ2) is 7.57. The average Bonchev–Trinajstić information content (AvgIpc) is 2.86. The summed E-state index contributed by atoms with van der Waals surface area (Å²) in [7, 11) is 0. The number of hydrogen-bond acceptors (Lipinski definition) is 2. The van der Waals surface area contributed by atoms with Gasteiger partial charge in [-0.3, -0.25) is 10.4 Å². The molecule has 0 saturated carbocycles. The quantitative estimate of drug-likeness (QED) is 0.180. The first-order chi connectivity index (χ1) is 16.2. The van der Waals surface area contributed by atoms with Crippen molar-refractivity contribution in [2.24, 2.45) is 5.73 Å². The number of hydrogen-bond donors (Lipinski definition) is 2. The third kappa shape index (κ3) is 3.22. The predicted octanol–water partition coefficient (Wildman–Crippen LogP) is 7.16. The van der Waals surface area contributed by atoms with Crippen LogP contribution in [0.25, 0.3) is 54.7 Å². The summed E-state index contributed by atoms with van der Waals surface area (Å²) >= 11 is 0. The number of nitrogens with two attached hydrogens (primary N) is 1. The number of benzene rings is 5. The van der Waals surface area contributed by atoms with Crippen molar-refractivity contribution in [3.63, 3.8) is 0 Å². The number of nitrogens with one attached hydrogen (secondary N) is 1. The minimum Gasteiger partial charge on any atom is -0.384 e. The van der Waals surface area contributed by atoms with Crippen LogP contribution in [0.4, 0.5) is 0 Å². The molecule has 156 valence electrons. The molecule has 33 heavy (non-hydrogen) atoms. The molecule has 3 heteroatoms. The Morgan fingerprint density at radius 1 is 0.606 bits per heavy atom. The SMILES string of the molecule is N=C(N)c1cc(-c2nccc3ccccc23)cc(-c2c3ccccc3cc3ccccc23)c1. The van der Waals surface area contributed by atoms with E-state index >= 15 is 0 Å². The monoisotopic (exact) mass is 423 g/mol. The molecule has 6 aromatic rings. The van der Waals surface area contributed by atoms with Gasteiger partial charge in [0.1, 0.15) is 5.84 Å². The van der Waals surface area contributed by atoms with E-state index in [-0.39, 0.29) is 5.84 Å². The van der Waals surface area contributed by atoms with Gasteiger partial charge >= 0.3 is 0 Å². The molecule has 1 aromatic heterocycles. The summed E-state index contributed by atoms with van der Waals surface area (Å²) in [6, 6.07) is 35.5. The third-order valence-electron chi connectivity index (χ3n) is 6.25. The van der Waals surface area contributed by atoms with E-state index in [4.69, 9.17) is 16.1 Å². The van der Waals surface area contributed by atoms with Gasteiger partial charge in [-0.25, -0.2) is 0 Å². The number of nitrogens with zero attached hydrogens (tertiary/aromatic N) is 1. The Balaban J connectivity index is 1.72. The molecule has 0 saturated heterocycles. The van der Waals surface area contributed by atoms with Gasteiger partial charge in [0, 0.05) is 22.7 Å². The molecule has 0 amide bonds. The highest BCUT2D eigenvalue weighted by Crippen LogP contribution is 2.39. The summed E-state index contributed by atoms with van der Waals surface area (Å²) in [4.78, 5) is 4.73. The molecule has 0 fully saturated rings. The zero-order valence-electron chi connectivity index (χ0n) is 17.9. The van der Waals surface area contributed by atoms with E-state index in [2.05, 4.69) is 72.8 Å². The summed E-state index contributed by atoms with van der Waals surface area (Å²) in [6.07, 6.45) is 1.84. The second-order valence-electron chi connectivity index (χ2n) is 8.29. The number of rotatable bonds is 3. The zero-order chi connectivity index (χ0) is 22.4. The predicted molar refractivity (Wildman–Crippen MR) is 139 cm³/mol. The van der Waals surface area contributed by atoms with Gasteiger partial charge in [-0.15, -0.1) is 0 Å². The fraction of sp³-hybridized carbons (Fsp3) is 0. The van der Waals surface area contributed by atoms with Gasteiger partial charge < -0.3 is 5.73 Å². The summed E-state index contributed by atoms with van der Waals surface area (Å²) in [5.41, 5.74) is 10.7. The van der Waals surface area contributed by atoms with E-state index < -0.39 is 0 Å². The van der Waals surface area contributed by atoms with E-state index in [1.165, 1.54) is 21.5 Å². The summed E-state index contributed by atoms with van der Waals surface area (Å²) < 4.78 is 0. The van der Waals surface area contributed by atoms with Crippen molar-refractivity contribution < 1.29 is 0 Å². The van der Waals surface area contributed by atoms with Crippen LogP contribution in [0.5, 0.6) is 0 Å².